The quantitative estimate of drug-likeness (QED) is 0.655. The minimum Gasteiger partial charge on any atom is -0.484 e. The molecule has 5 nitrogen and oxygen atoms in total. The zero-order valence-corrected chi connectivity index (χ0v) is 14.5. The maximum absolute atomic E-state index is 13.6. The minimum atomic E-state index is -0.783. The van der Waals surface area contributed by atoms with E-state index in [1.54, 1.807) is 31.2 Å². The zero-order chi connectivity index (χ0) is 18.7. The summed E-state index contributed by atoms with van der Waals surface area (Å²) in [6, 6.07) is 8.36. The molecule has 0 aliphatic rings. The second-order valence-corrected chi connectivity index (χ2v) is 6.42. The Morgan fingerprint density at radius 2 is 1.92 bits per heavy atom. The van der Waals surface area contributed by atoms with Crippen LogP contribution < -0.4 is 10.1 Å². The Morgan fingerprint density at radius 1 is 1.19 bits per heavy atom. The lowest BCUT2D eigenvalue weighted by molar-refractivity contribution is -0.118. The number of rotatable bonds is 6. The molecule has 0 fully saturated rings. The number of fused-ring (bicyclic) bond motifs is 1. The minimum absolute atomic E-state index is 0.00352. The lowest BCUT2D eigenvalue weighted by Gasteiger charge is -2.06. The number of amides is 1. The second kappa shape index (κ2) is 7.57. The summed E-state index contributed by atoms with van der Waals surface area (Å²) in [6.07, 6.45) is 0.412. The van der Waals surface area contributed by atoms with Gasteiger partial charge in [-0.15, -0.1) is 0 Å². The first-order valence-electron chi connectivity index (χ1n) is 7.77. The number of Topliss-reactive ketones (excluding diaryl/α,β-unsaturated/α-hetero) is 1. The normalized spacial score (nSPS) is 10.7. The maximum Gasteiger partial charge on any atom is 0.264 e. The van der Waals surface area contributed by atoms with E-state index in [-0.39, 0.29) is 23.0 Å². The molecule has 134 valence electrons. The van der Waals surface area contributed by atoms with Gasteiger partial charge >= 0.3 is 0 Å². The van der Waals surface area contributed by atoms with Crippen LogP contribution >= 0.6 is 11.3 Å². The van der Waals surface area contributed by atoms with Crippen LogP contribution in [0, 0.1) is 11.6 Å². The molecule has 3 aromatic rings. The van der Waals surface area contributed by atoms with Crippen molar-refractivity contribution >= 4 is 38.4 Å². The summed E-state index contributed by atoms with van der Waals surface area (Å²) < 4.78 is 32.5. The van der Waals surface area contributed by atoms with E-state index in [4.69, 9.17) is 4.74 Å². The van der Waals surface area contributed by atoms with Crippen molar-refractivity contribution < 1.29 is 23.1 Å². The van der Waals surface area contributed by atoms with Gasteiger partial charge in [0.25, 0.3) is 5.91 Å². The number of carbonyl (C=O) groups excluding carboxylic acids is 2. The molecule has 0 radical (unpaired) electrons. The van der Waals surface area contributed by atoms with Crippen LogP contribution in [-0.4, -0.2) is 23.3 Å². The molecule has 1 N–H and O–H groups in total. The SMILES string of the molecule is CCC(=O)c1ccc(OCC(=O)Nc2nc3c(F)cc(F)cc3s2)cc1. The van der Waals surface area contributed by atoms with Gasteiger partial charge in [-0.2, -0.15) is 0 Å². The van der Waals surface area contributed by atoms with Gasteiger partial charge in [-0.3, -0.25) is 14.9 Å². The zero-order valence-electron chi connectivity index (χ0n) is 13.7. The van der Waals surface area contributed by atoms with Crippen LogP contribution in [0.2, 0.25) is 0 Å². The van der Waals surface area contributed by atoms with Crippen LogP contribution in [0.3, 0.4) is 0 Å². The number of thiazole rings is 1. The monoisotopic (exact) mass is 376 g/mol. The van der Waals surface area contributed by atoms with Crippen LogP contribution in [0.5, 0.6) is 5.75 Å². The van der Waals surface area contributed by atoms with Crippen molar-refractivity contribution in [2.75, 3.05) is 11.9 Å². The van der Waals surface area contributed by atoms with Crippen molar-refractivity contribution in [3.05, 3.63) is 53.6 Å². The third-order valence-corrected chi connectivity index (χ3v) is 4.44. The number of nitrogens with one attached hydrogen (secondary N) is 1. The summed E-state index contributed by atoms with van der Waals surface area (Å²) in [5.41, 5.74) is 0.580. The highest BCUT2D eigenvalue weighted by Gasteiger charge is 2.13. The van der Waals surface area contributed by atoms with Crippen molar-refractivity contribution in [3.8, 4) is 5.75 Å². The Hall–Kier alpha value is -2.87. The van der Waals surface area contributed by atoms with Gasteiger partial charge in [-0.05, 0) is 30.3 Å². The molecule has 1 amide bonds. The lowest BCUT2D eigenvalue weighted by Crippen LogP contribution is -2.20. The summed E-state index contributed by atoms with van der Waals surface area (Å²) in [4.78, 5) is 27.4. The molecule has 0 bridgehead atoms. The number of ketones is 1. The summed E-state index contributed by atoms with van der Waals surface area (Å²) in [6.45, 7) is 1.49. The Balaban J connectivity index is 1.60. The number of carbonyl (C=O) groups is 2. The Morgan fingerprint density at radius 3 is 2.62 bits per heavy atom. The number of benzene rings is 2. The van der Waals surface area contributed by atoms with Crippen LogP contribution in [-0.2, 0) is 4.79 Å². The van der Waals surface area contributed by atoms with Gasteiger partial charge < -0.3 is 4.74 Å². The maximum atomic E-state index is 13.6. The number of hydrogen-bond donors (Lipinski definition) is 1. The number of anilines is 1. The molecule has 0 atom stereocenters. The number of hydrogen-bond acceptors (Lipinski definition) is 5. The molecule has 1 aromatic heterocycles. The Bertz CT molecular complexity index is 970. The van der Waals surface area contributed by atoms with E-state index in [0.717, 1.165) is 23.5 Å². The van der Waals surface area contributed by atoms with Crippen LogP contribution in [0.4, 0.5) is 13.9 Å². The third kappa shape index (κ3) is 4.02. The van der Waals surface area contributed by atoms with E-state index in [2.05, 4.69) is 10.3 Å². The van der Waals surface area contributed by atoms with Crippen molar-refractivity contribution in [3.63, 3.8) is 0 Å². The van der Waals surface area contributed by atoms with Crippen molar-refractivity contribution in [1.82, 2.24) is 4.98 Å². The number of nitrogens with zero attached hydrogens (tertiary/aromatic N) is 1. The fraction of sp³-hybridized carbons (Fsp3) is 0.167. The molecule has 0 unspecified atom stereocenters. The highest BCUT2D eigenvalue weighted by Crippen LogP contribution is 2.28. The van der Waals surface area contributed by atoms with E-state index in [1.807, 2.05) is 0 Å². The lowest BCUT2D eigenvalue weighted by atomic mass is 10.1. The number of ether oxygens (including phenoxy) is 1. The summed E-state index contributed by atoms with van der Waals surface area (Å²) in [5, 5.41) is 2.64. The first-order chi connectivity index (χ1) is 12.5. The van der Waals surface area contributed by atoms with Crippen LogP contribution in [0.25, 0.3) is 10.2 Å². The average Bonchev–Trinajstić information content (AvgIpc) is 3.02. The molecular formula is C18H14F2N2O3S. The third-order valence-electron chi connectivity index (χ3n) is 3.53. The molecule has 3 rings (SSSR count). The average molecular weight is 376 g/mol. The smallest absolute Gasteiger partial charge is 0.264 e. The molecule has 1 heterocycles. The van der Waals surface area contributed by atoms with Crippen LogP contribution in [0.15, 0.2) is 36.4 Å². The first-order valence-corrected chi connectivity index (χ1v) is 8.59. The number of halogens is 2. The largest absolute Gasteiger partial charge is 0.484 e. The van der Waals surface area contributed by atoms with Crippen molar-refractivity contribution in [2.45, 2.75) is 13.3 Å². The Labute approximate surface area is 151 Å². The predicted octanol–water partition coefficient (Wildman–Crippen LogP) is 4.18. The van der Waals surface area contributed by atoms with Crippen molar-refractivity contribution in [2.24, 2.45) is 0 Å². The fourth-order valence-electron chi connectivity index (χ4n) is 2.26. The van der Waals surface area contributed by atoms with Gasteiger partial charge in [-0.1, -0.05) is 18.3 Å². The summed E-state index contributed by atoms with van der Waals surface area (Å²) in [7, 11) is 0. The second-order valence-electron chi connectivity index (χ2n) is 5.39. The summed E-state index contributed by atoms with van der Waals surface area (Å²) in [5.74, 6) is -1.52. The van der Waals surface area contributed by atoms with Crippen molar-refractivity contribution in [1.29, 1.82) is 0 Å². The van der Waals surface area contributed by atoms with Gasteiger partial charge in [0, 0.05) is 18.1 Å². The molecule has 2 aromatic carbocycles. The van der Waals surface area contributed by atoms with Gasteiger partial charge in [0.1, 0.15) is 17.1 Å². The van der Waals surface area contributed by atoms with Gasteiger partial charge in [0.15, 0.2) is 23.3 Å². The molecule has 0 saturated heterocycles. The summed E-state index contributed by atoms with van der Waals surface area (Å²) >= 11 is 0.967. The first kappa shape index (κ1) is 17.9. The standard InChI is InChI=1S/C18H14F2N2O3S/c1-2-14(23)10-3-5-12(6-4-10)25-9-16(24)21-18-22-17-13(20)7-11(19)8-15(17)26-18/h3-8H,2,9H2,1H3,(H,21,22,24). The van der Waals surface area contributed by atoms with E-state index < -0.39 is 17.5 Å². The molecule has 0 spiro atoms. The Kier molecular flexibility index (Phi) is 5.22. The van der Waals surface area contributed by atoms with Crippen LogP contribution in [0.1, 0.15) is 23.7 Å². The molecule has 0 aliphatic carbocycles. The molecular weight excluding hydrogens is 362 g/mol. The van der Waals surface area contributed by atoms with E-state index in [0.29, 0.717) is 22.4 Å². The van der Waals surface area contributed by atoms with Gasteiger partial charge in [0.05, 0.1) is 4.70 Å². The molecule has 0 aliphatic heterocycles. The highest BCUT2D eigenvalue weighted by atomic mass is 32.1. The molecule has 8 heteroatoms. The topological polar surface area (TPSA) is 68.3 Å². The fourth-order valence-corrected chi connectivity index (χ4v) is 3.18. The van der Waals surface area contributed by atoms with E-state index in [1.165, 1.54) is 0 Å². The van der Waals surface area contributed by atoms with Gasteiger partial charge in [0.2, 0.25) is 0 Å². The number of aromatic nitrogens is 1. The highest BCUT2D eigenvalue weighted by molar-refractivity contribution is 7.22. The van der Waals surface area contributed by atoms with E-state index in [9.17, 15) is 18.4 Å². The molecule has 0 saturated carbocycles. The van der Waals surface area contributed by atoms with Gasteiger partial charge in [-0.25, -0.2) is 13.8 Å². The molecule has 26 heavy (non-hydrogen) atoms. The predicted molar refractivity (Wildman–Crippen MR) is 94.7 cm³/mol. The van der Waals surface area contributed by atoms with E-state index >= 15 is 0 Å².